The third-order valence-corrected chi connectivity index (χ3v) is 5.63. The maximum absolute atomic E-state index is 12.6. The van der Waals surface area contributed by atoms with Crippen LogP contribution >= 0.6 is 0 Å². The van der Waals surface area contributed by atoms with E-state index in [1.807, 2.05) is 6.07 Å². The van der Waals surface area contributed by atoms with E-state index in [0.29, 0.717) is 34.8 Å². The molecule has 1 unspecified atom stereocenters. The molecule has 0 saturated heterocycles. The maximum Gasteiger partial charge on any atom is 0.258 e. The molecule has 0 amide bonds. The molecule has 0 bridgehead atoms. The first-order chi connectivity index (χ1) is 14.0. The molecule has 1 N–H and O–H groups in total. The number of benzene rings is 2. The molecule has 0 saturated carbocycles. The molecule has 0 radical (unpaired) electrons. The van der Waals surface area contributed by atoms with Crippen LogP contribution in [-0.2, 0) is 13.0 Å². The maximum atomic E-state index is 12.6. The van der Waals surface area contributed by atoms with Gasteiger partial charge in [-0.05, 0) is 42.7 Å². The zero-order valence-corrected chi connectivity index (χ0v) is 17.1. The van der Waals surface area contributed by atoms with E-state index in [1.54, 1.807) is 33.5 Å². The number of hydrogen-bond donors (Lipinski definition) is 1. The van der Waals surface area contributed by atoms with Crippen molar-refractivity contribution in [1.82, 2.24) is 14.9 Å². The van der Waals surface area contributed by atoms with Gasteiger partial charge >= 0.3 is 0 Å². The van der Waals surface area contributed by atoms with Crippen LogP contribution in [0.1, 0.15) is 29.9 Å². The molecule has 2 aromatic carbocycles. The number of fused-ring (bicyclic) bond motifs is 2. The molecule has 1 aliphatic heterocycles. The number of hydrogen-bond acceptors (Lipinski definition) is 6. The van der Waals surface area contributed by atoms with E-state index in [0.717, 1.165) is 18.7 Å². The van der Waals surface area contributed by atoms with Gasteiger partial charge in [0.05, 0.1) is 38.8 Å². The second kappa shape index (κ2) is 7.75. The van der Waals surface area contributed by atoms with E-state index >= 15 is 0 Å². The minimum atomic E-state index is -0.180. The molecule has 0 fully saturated rings. The summed E-state index contributed by atoms with van der Waals surface area (Å²) >= 11 is 0. The van der Waals surface area contributed by atoms with Crippen molar-refractivity contribution in [3.63, 3.8) is 0 Å². The highest BCUT2D eigenvalue weighted by molar-refractivity contribution is 5.81. The fourth-order valence-electron chi connectivity index (χ4n) is 3.99. The Bertz CT molecular complexity index is 1110. The van der Waals surface area contributed by atoms with Gasteiger partial charge in [-0.3, -0.25) is 9.69 Å². The SMILES string of the molecule is COc1ccc2c(c1)CCN(Cc1nc3cc(OC)c(OC)cc3c(=O)[nH]1)C2C. The molecule has 7 heteroatoms. The summed E-state index contributed by atoms with van der Waals surface area (Å²) in [6.07, 6.45) is 0.930. The number of aromatic amines is 1. The van der Waals surface area contributed by atoms with Gasteiger partial charge in [0.2, 0.25) is 0 Å². The Kier molecular flexibility index (Phi) is 5.15. The Morgan fingerprint density at radius 2 is 1.86 bits per heavy atom. The molecule has 29 heavy (non-hydrogen) atoms. The van der Waals surface area contributed by atoms with Crippen LogP contribution in [0.3, 0.4) is 0 Å². The molecule has 3 aromatic rings. The summed E-state index contributed by atoms with van der Waals surface area (Å²) in [5, 5.41) is 0.482. The van der Waals surface area contributed by atoms with Gasteiger partial charge in [0.25, 0.3) is 5.56 Å². The van der Waals surface area contributed by atoms with Crippen LogP contribution in [0.5, 0.6) is 17.2 Å². The molecular formula is C22H25N3O4. The minimum absolute atomic E-state index is 0.180. The lowest BCUT2D eigenvalue weighted by atomic mass is 9.93. The van der Waals surface area contributed by atoms with Gasteiger partial charge < -0.3 is 19.2 Å². The van der Waals surface area contributed by atoms with Crippen molar-refractivity contribution in [2.75, 3.05) is 27.9 Å². The Morgan fingerprint density at radius 1 is 1.10 bits per heavy atom. The third-order valence-electron chi connectivity index (χ3n) is 5.63. The molecule has 4 rings (SSSR count). The van der Waals surface area contributed by atoms with E-state index in [2.05, 4.69) is 33.9 Å². The van der Waals surface area contributed by atoms with Crippen LogP contribution in [0.2, 0.25) is 0 Å². The van der Waals surface area contributed by atoms with Gasteiger partial charge in [0.1, 0.15) is 11.6 Å². The summed E-state index contributed by atoms with van der Waals surface area (Å²) in [7, 11) is 4.80. The number of methoxy groups -OCH3 is 3. The van der Waals surface area contributed by atoms with Crippen LogP contribution in [0.4, 0.5) is 0 Å². The first-order valence-corrected chi connectivity index (χ1v) is 9.59. The van der Waals surface area contributed by atoms with Gasteiger partial charge in [-0.15, -0.1) is 0 Å². The fourth-order valence-corrected chi connectivity index (χ4v) is 3.99. The molecule has 2 heterocycles. The van der Waals surface area contributed by atoms with Crippen molar-refractivity contribution < 1.29 is 14.2 Å². The summed E-state index contributed by atoms with van der Waals surface area (Å²) in [6.45, 7) is 3.62. The lowest BCUT2D eigenvalue weighted by molar-refractivity contribution is 0.184. The first kappa shape index (κ1) is 19.3. The number of nitrogens with zero attached hydrogens (tertiary/aromatic N) is 2. The lowest BCUT2D eigenvalue weighted by Crippen LogP contribution is -2.34. The van der Waals surface area contributed by atoms with Crippen LogP contribution in [0.25, 0.3) is 10.9 Å². The number of H-pyrrole nitrogens is 1. The van der Waals surface area contributed by atoms with Gasteiger partial charge in [0, 0.05) is 18.7 Å². The average molecular weight is 395 g/mol. The van der Waals surface area contributed by atoms with Crippen molar-refractivity contribution in [3.8, 4) is 17.2 Å². The Labute approximate surface area is 169 Å². The molecule has 1 aromatic heterocycles. The predicted molar refractivity (Wildman–Crippen MR) is 111 cm³/mol. The monoisotopic (exact) mass is 395 g/mol. The third kappa shape index (κ3) is 3.53. The summed E-state index contributed by atoms with van der Waals surface area (Å²) in [6, 6.07) is 9.85. The summed E-state index contributed by atoms with van der Waals surface area (Å²) in [5.41, 5.74) is 3.01. The molecule has 1 atom stereocenters. The number of rotatable bonds is 5. The molecular weight excluding hydrogens is 370 g/mol. The summed E-state index contributed by atoms with van der Waals surface area (Å²) < 4.78 is 16.0. The fraction of sp³-hybridized carbons (Fsp3) is 0.364. The van der Waals surface area contributed by atoms with Crippen molar-refractivity contribution in [1.29, 1.82) is 0 Å². The first-order valence-electron chi connectivity index (χ1n) is 9.59. The van der Waals surface area contributed by atoms with Gasteiger partial charge in [-0.1, -0.05) is 6.07 Å². The standard InChI is InChI=1S/C22H25N3O4/c1-13-16-6-5-15(27-2)9-14(16)7-8-25(13)12-21-23-18-11-20(29-4)19(28-3)10-17(18)22(26)24-21/h5-6,9-11,13H,7-8,12H2,1-4H3,(H,23,24,26). The minimum Gasteiger partial charge on any atom is -0.497 e. The summed E-state index contributed by atoms with van der Waals surface area (Å²) in [4.78, 5) is 22.6. The van der Waals surface area contributed by atoms with Crippen molar-refractivity contribution in [2.45, 2.75) is 25.9 Å². The Balaban J connectivity index is 1.64. The smallest absolute Gasteiger partial charge is 0.258 e. The van der Waals surface area contributed by atoms with Gasteiger partial charge in [0.15, 0.2) is 11.5 Å². The van der Waals surface area contributed by atoms with Crippen LogP contribution in [0.15, 0.2) is 35.1 Å². The van der Waals surface area contributed by atoms with Gasteiger partial charge in [-0.2, -0.15) is 0 Å². The molecule has 7 nitrogen and oxygen atoms in total. The number of aromatic nitrogens is 2. The quantitative estimate of drug-likeness (QED) is 0.716. The van der Waals surface area contributed by atoms with Crippen molar-refractivity contribution >= 4 is 10.9 Å². The van der Waals surface area contributed by atoms with Crippen molar-refractivity contribution in [2.24, 2.45) is 0 Å². The zero-order valence-electron chi connectivity index (χ0n) is 17.1. The van der Waals surface area contributed by atoms with E-state index in [9.17, 15) is 4.79 Å². The highest BCUT2D eigenvalue weighted by Crippen LogP contribution is 2.33. The number of ether oxygens (including phenoxy) is 3. The molecule has 0 spiro atoms. The van der Waals surface area contributed by atoms with E-state index in [-0.39, 0.29) is 11.6 Å². The highest BCUT2D eigenvalue weighted by Gasteiger charge is 2.25. The largest absolute Gasteiger partial charge is 0.497 e. The van der Waals surface area contributed by atoms with E-state index in [1.165, 1.54) is 11.1 Å². The summed E-state index contributed by atoms with van der Waals surface area (Å²) in [5.74, 6) is 2.59. The van der Waals surface area contributed by atoms with Crippen LogP contribution in [-0.4, -0.2) is 42.7 Å². The Morgan fingerprint density at radius 3 is 2.59 bits per heavy atom. The average Bonchev–Trinajstić information content (AvgIpc) is 2.74. The zero-order chi connectivity index (χ0) is 20.5. The van der Waals surface area contributed by atoms with Crippen LogP contribution < -0.4 is 19.8 Å². The second-order valence-electron chi connectivity index (χ2n) is 7.20. The highest BCUT2D eigenvalue weighted by atomic mass is 16.5. The van der Waals surface area contributed by atoms with Gasteiger partial charge in [-0.25, -0.2) is 4.98 Å². The lowest BCUT2D eigenvalue weighted by Gasteiger charge is -2.35. The topological polar surface area (TPSA) is 76.7 Å². The number of nitrogens with one attached hydrogen (secondary N) is 1. The molecule has 1 aliphatic rings. The second-order valence-corrected chi connectivity index (χ2v) is 7.20. The van der Waals surface area contributed by atoms with E-state index in [4.69, 9.17) is 14.2 Å². The molecule has 0 aliphatic carbocycles. The van der Waals surface area contributed by atoms with Crippen molar-refractivity contribution in [3.05, 3.63) is 57.6 Å². The normalized spacial score (nSPS) is 16.5. The Hall–Kier alpha value is -3.06. The van der Waals surface area contributed by atoms with E-state index < -0.39 is 0 Å². The predicted octanol–water partition coefficient (Wildman–Crippen LogP) is 3.07. The van der Waals surface area contributed by atoms with Crippen LogP contribution in [0, 0.1) is 0 Å². The molecule has 152 valence electrons.